The molecule has 6 nitrogen and oxygen atoms in total. The van der Waals surface area contributed by atoms with Crippen molar-refractivity contribution in [2.75, 3.05) is 5.32 Å². The molecular formula is C21H14N4O2S. The Labute approximate surface area is 162 Å². The van der Waals surface area contributed by atoms with Crippen molar-refractivity contribution in [2.24, 2.45) is 0 Å². The van der Waals surface area contributed by atoms with E-state index in [1.54, 1.807) is 18.3 Å². The molecule has 7 heteroatoms. The van der Waals surface area contributed by atoms with Crippen LogP contribution < -0.4 is 10.9 Å². The lowest BCUT2D eigenvalue weighted by Gasteiger charge is -2.04. The number of nitrogens with zero attached hydrogens (tertiary/aromatic N) is 1. The normalized spacial score (nSPS) is 11.1. The van der Waals surface area contributed by atoms with E-state index in [2.05, 4.69) is 20.3 Å². The number of nitrogens with one attached hydrogen (secondary N) is 3. The molecule has 0 atom stereocenters. The number of hydrogen-bond acceptors (Lipinski definition) is 4. The van der Waals surface area contributed by atoms with Gasteiger partial charge in [0, 0.05) is 22.8 Å². The number of aromatic nitrogens is 3. The summed E-state index contributed by atoms with van der Waals surface area (Å²) in [5, 5.41) is 3.64. The summed E-state index contributed by atoms with van der Waals surface area (Å²) in [5.41, 5.74) is 3.32. The van der Waals surface area contributed by atoms with Gasteiger partial charge in [-0.1, -0.05) is 12.1 Å². The van der Waals surface area contributed by atoms with Crippen LogP contribution in [0.25, 0.3) is 32.5 Å². The first-order chi connectivity index (χ1) is 13.7. The molecule has 0 saturated heterocycles. The van der Waals surface area contributed by atoms with Crippen LogP contribution in [0.2, 0.25) is 0 Å². The molecule has 3 aromatic heterocycles. The first kappa shape index (κ1) is 16.5. The second kappa shape index (κ2) is 6.47. The lowest BCUT2D eigenvalue weighted by molar-refractivity contribution is 0.103. The number of pyridine rings is 1. The van der Waals surface area contributed by atoms with Gasteiger partial charge in [-0.15, -0.1) is 11.3 Å². The van der Waals surface area contributed by atoms with Crippen molar-refractivity contribution in [3.05, 3.63) is 82.1 Å². The molecule has 0 aliphatic heterocycles. The number of amides is 1. The molecule has 0 radical (unpaired) electrons. The fourth-order valence-corrected chi connectivity index (χ4v) is 4.03. The molecule has 5 aromatic rings. The molecule has 0 fully saturated rings. The van der Waals surface area contributed by atoms with E-state index in [0.29, 0.717) is 15.3 Å². The Balaban J connectivity index is 1.38. The number of imidazole rings is 1. The van der Waals surface area contributed by atoms with Crippen LogP contribution in [-0.4, -0.2) is 20.9 Å². The van der Waals surface area contributed by atoms with Crippen molar-refractivity contribution in [1.82, 2.24) is 15.0 Å². The van der Waals surface area contributed by atoms with Crippen molar-refractivity contribution < 1.29 is 4.79 Å². The smallest absolute Gasteiger partial charge is 0.265 e. The van der Waals surface area contributed by atoms with E-state index in [-0.39, 0.29) is 11.5 Å². The van der Waals surface area contributed by atoms with Gasteiger partial charge in [0.1, 0.15) is 10.5 Å². The summed E-state index contributed by atoms with van der Waals surface area (Å²) in [7, 11) is 0. The van der Waals surface area contributed by atoms with Crippen molar-refractivity contribution in [1.29, 1.82) is 0 Å². The van der Waals surface area contributed by atoms with Crippen LogP contribution in [0.3, 0.4) is 0 Å². The zero-order valence-electron chi connectivity index (χ0n) is 14.5. The van der Waals surface area contributed by atoms with Crippen molar-refractivity contribution in [3.8, 4) is 11.4 Å². The number of anilines is 1. The Bertz CT molecular complexity index is 1350. The third-order valence-corrected chi connectivity index (χ3v) is 5.62. The third kappa shape index (κ3) is 2.87. The van der Waals surface area contributed by atoms with Crippen LogP contribution in [-0.2, 0) is 0 Å². The van der Waals surface area contributed by atoms with Gasteiger partial charge in [0.15, 0.2) is 0 Å². The van der Waals surface area contributed by atoms with Gasteiger partial charge < -0.3 is 15.3 Å². The predicted octanol–water partition coefficient (Wildman–Crippen LogP) is 4.39. The van der Waals surface area contributed by atoms with E-state index in [0.717, 1.165) is 27.8 Å². The van der Waals surface area contributed by atoms with Crippen LogP contribution in [0, 0.1) is 0 Å². The SMILES string of the molecule is O=C(Nc1ccc(-c2nc3ccccc3[nH]2)cc1)c1cc2cc[nH]c(=O)c2s1. The predicted molar refractivity (Wildman–Crippen MR) is 112 cm³/mol. The molecule has 3 heterocycles. The van der Waals surface area contributed by atoms with E-state index in [9.17, 15) is 9.59 Å². The highest BCUT2D eigenvalue weighted by molar-refractivity contribution is 7.20. The molecule has 136 valence electrons. The highest BCUT2D eigenvalue weighted by atomic mass is 32.1. The molecule has 2 aromatic carbocycles. The quantitative estimate of drug-likeness (QED) is 0.430. The number of thiophene rings is 1. The summed E-state index contributed by atoms with van der Waals surface area (Å²) in [5.74, 6) is 0.542. The van der Waals surface area contributed by atoms with Crippen molar-refractivity contribution in [3.63, 3.8) is 0 Å². The molecule has 0 aliphatic carbocycles. The monoisotopic (exact) mass is 386 g/mol. The van der Waals surface area contributed by atoms with Crippen molar-refractivity contribution in [2.45, 2.75) is 0 Å². The number of para-hydroxylation sites is 2. The summed E-state index contributed by atoms with van der Waals surface area (Å²) >= 11 is 1.18. The van der Waals surface area contributed by atoms with Gasteiger partial charge in [-0.25, -0.2) is 4.98 Å². The first-order valence-corrected chi connectivity index (χ1v) is 9.47. The summed E-state index contributed by atoms with van der Waals surface area (Å²) < 4.78 is 0.549. The highest BCUT2D eigenvalue weighted by Gasteiger charge is 2.12. The van der Waals surface area contributed by atoms with Gasteiger partial charge in [-0.3, -0.25) is 9.59 Å². The van der Waals surface area contributed by atoms with Crippen LogP contribution in [0.4, 0.5) is 5.69 Å². The number of fused-ring (bicyclic) bond motifs is 2. The highest BCUT2D eigenvalue weighted by Crippen LogP contribution is 2.25. The molecule has 0 aliphatic rings. The first-order valence-electron chi connectivity index (χ1n) is 8.65. The minimum atomic E-state index is -0.239. The maximum atomic E-state index is 12.5. The molecule has 1 amide bonds. The van der Waals surface area contributed by atoms with E-state index in [4.69, 9.17) is 0 Å². The van der Waals surface area contributed by atoms with E-state index in [1.165, 1.54) is 11.3 Å². The van der Waals surface area contributed by atoms with Gasteiger partial charge in [-0.2, -0.15) is 0 Å². The van der Waals surface area contributed by atoms with Crippen LogP contribution in [0.15, 0.2) is 71.7 Å². The third-order valence-electron chi connectivity index (χ3n) is 4.47. The number of carbonyl (C=O) groups excluding carboxylic acids is 1. The largest absolute Gasteiger partial charge is 0.338 e. The fraction of sp³-hybridized carbons (Fsp3) is 0. The molecule has 3 N–H and O–H groups in total. The Kier molecular flexibility index (Phi) is 3.80. The Morgan fingerprint density at radius 2 is 1.86 bits per heavy atom. The number of benzene rings is 2. The van der Waals surface area contributed by atoms with Gasteiger partial charge in [0.25, 0.3) is 11.5 Å². The summed E-state index contributed by atoms with van der Waals surface area (Å²) in [6, 6.07) is 18.8. The Morgan fingerprint density at radius 1 is 1.04 bits per heavy atom. The topological polar surface area (TPSA) is 90.6 Å². The van der Waals surface area contributed by atoms with Crippen LogP contribution in [0.1, 0.15) is 9.67 Å². The number of aromatic amines is 2. The lowest BCUT2D eigenvalue weighted by Crippen LogP contribution is -2.09. The average molecular weight is 386 g/mol. The molecule has 0 bridgehead atoms. The fourth-order valence-electron chi connectivity index (χ4n) is 3.08. The molecule has 0 spiro atoms. The van der Waals surface area contributed by atoms with Crippen LogP contribution >= 0.6 is 11.3 Å². The van der Waals surface area contributed by atoms with Crippen LogP contribution in [0.5, 0.6) is 0 Å². The van der Waals surface area contributed by atoms with E-state index in [1.807, 2.05) is 48.5 Å². The minimum Gasteiger partial charge on any atom is -0.338 e. The lowest BCUT2D eigenvalue weighted by atomic mass is 10.2. The van der Waals surface area contributed by atoms with Gasteiger partial charge in [0.2, 0.25) is 0 Å². The molecular weight excluding hydrogens is 372 g/mol. The second-order valence-electron chi connectivity index (χ2n) is 6.34. The number of rotatable bonds is 3. The van der Waals surface area contributed by atoms with Gasteiger partial charge in [-0.05, 0) is 48.5 Å². The van der Waals surface area contributed by atoms with Crippen molar-refractivity contribution >= 4 is 44.1 Å². The summed E-state index contributed by atoms with van der Waals surface area (Å²) in [6.45, 7) is 0. The molecule has 0 saturated carbocycles. The second-order valence-corrected chi connectivity index (χ2v) is 7.39. The number of H-pyrrole nitrogens is 2. The summed E-state index contributed by atoms with van der Waals surface area (Å²) in [4.78, 5) is 35.3. The number of carbonyl (C=O) groups is 1. The number of hydrogen-bond donors (Lipinski definition) is 3. The maximum absolute atomic E-state index is 12.5. The average Bonchev–Trinajstić information content (AvgIpc) is 3.33. The Hall–Kier alpha value is -3.71. The molecule has 28 heavy (non-hydrogen) atoms. The zero-order valence-corrected chi connectivity index (χ0v) is 15.3. The van der Waals surface area contributed by atoms with E-state index >= 15 is 0 Å². The van der Waals surface area contributed by atoms with Gasteiger partial charge in [0.05, 0.1) is 15.9 Å². The van der Waals surface area contributed by atoms with E-state index < -0.39 is 0 Å². The molecule has 5 rings (SSSR count). The standard InChI is InChI=1S/C21H14N4O2S/c26-20(17-11-13-9-10-22-21(27)18(13)28-17)23-14-7-5-12(6-8-14)19-24-15-3-1-2-4-16(15)25-19/h1-11H,(H,22,27)(H,23,26)(H,24,25). The summed E-state index contributed by atoms with van der Waals surface area (Å²) in [6.07, 6.45) is 1.58. The maximum Gasteiger partial charge on any atom is 0.265 e. The Morgan fingerprint density at radius 3 is 2.64 bits per heavy atom. The zero-order chi connectivity index (χ0) is 19.1. The minimum absolute atomic E-state index is 0.184. The van der Waals surface area contributed by atoms with Gasteiger partial charge >= 0.3 is 0 Å². The molecule has 0 unspecified atom stereocenters.